The highest BCUT2D eigenvalue weighted by atomic mass is 16.5. The van der Waals surface area contributed by atoms with Crippen LogP contribution in [0.1, 0.15) is 5.56 Å². The van der Waals surface area contributed by atoms with Gasteiger partial charge in [-0.25, -0.2) is 0 Å². The molecule has 0 saturated carbocycles. The van der Waals surface area contributed by atoms with E-state index in [-0.39, 0.29) is 0 Å². The van der Waals surface area contributed by atoms with Gasteiger partial charge in [-0.05, 0) is 37.3 Å². The van der Waals surface area contributed by atoms with Gasteiger partial charge in [-0.2, -0.15) is 0 Å². The van der Waals surface area contributed by atoms with Crippen LogP contribution in [0.4, 0.5) is 5.69 Å². The zero-order chi connectivity index (χ0) is 13.1. The maximum absolute atomic E-state index is 5.85. The van der Waals surface area contributed by atoms with Crippen LogP contribution in [0.15, 0.2) is 36.4 Å². The van der Waals surface area contributed by atoms with Crippen LogP contribution in [-0.4, -0.2) is 14.2 Å². The minimum atomic E-state index is 0.703. The van der Waals surface area contributed by atoms with Gasteiger partial charge < -0.3 is 15.2 Å². The number of hydrogen-bond donors (Lipinski definition) is 1. The van der Waals surface area contributed by atoms with Crippen LogP contribution in [-0.2, 0) is 0 Å². The van der Waals surface area contributed by atoms with Crippen molar-refractivity contribution in [1.29, 1.82) is 0 Å². The van der Waals surface area contributed by atoms with Crippen LogP contribution in [0, 0.1) is 6.92 Å². The molecule has 0 bridgehead atoms. The third kappa shape index (κ3) is 2.25. The average Bonchev–Trinajstić information content (AvgIpc) is 2.38. The van der Waals surface area contributed by atoms with Crippen molar-refractivity contribution >= 4 is 5.69 Å². The number of anilines is 1. The SMILES string of the molecule is COc1ccc(C)cc1-c1cc(N)ccc1OC. The fourth-order valence-electron chi connectivity index (χ4n) is 1.97. The molecule has 0 heterocycles. The number of nitrogens with two attached hydrogens (primary N) is 1. The summed E-state index contributed by atoms with van der Waals surface area (Å²) in [7, 11) is 3.31. The molecule has 0 aliphatic carbocycles. The van der Waals surface area contributed by atoms with E-state index in [1.54, 1.807) is 14.2 Å². The summed E-state index contributed by atoms with van der Waals surface area (Å²) in [5.74, 6) is 1.60. The summed E-state index contributed by atoms with van der Waals surface area (Å²) in [5.41, 5.74) is 9.65. The third-order valence-corrected chi connectivity index (χ3v) is 2.87. The normalized spacial score (nSPS) is 10.2. The molecule has 0 aliphatic heterocycles. The van der Waals surface area contributed by atoms with Crippen molar-refractivity contribution in [2.24, 2.45) is 0 Å². The largest absolute Gasteiger partial charge is 0.496 e. The maximum Gasteiger partial charge on any atom is 0.126 e. The summed E-state index contributed by atoms with van der Waals surface area (Å²) in [5, 5.41) is 0. The smallest absolute Gasteiger partial charge is 0.126 e. The Bertz CT molecular complexity index is 513. The maximum atomic E-state index is 5.85. The highest BCUT2D eigenvalue weighted by molar-refractivity contribution is 5.78. The average molecular weight is 243 g/mol. The number of hydrogen-bond acceptors (Lipinski definition) is 3. The molecule has 2 aromatic rings. The number of ether oxygens (including phenoxy) is 2. The van der Waals surface area contributed by atoms with E-state index in [9.17, 15) is 0 Å². The predicted molar refractivity (Wildman–Crippen MR) is 74.1 cm³/mol. The van der Waals surface area contributed by atoms with E-state index >= 15 is 0 Å². The summed E-state index contributed by atoms with van der Waals surface area (Å²) in [4.78, 5) is 0. The predicted octanol–water partition coefficient (Wildman–Crippen LogP) is 3.26. The van der Waals surface area contributed by atoms with Crippen molar-refractivity contribution in [1.82, 2.24) is 0 Å². The van der Waals surface area contributed by atoms with E-state index in [0.717, 1.165) is 28.2 Å². The summed E-state index contributed by atoms with van der Waals surface area (Å²) in [6.07, 6.45) is 0. The molecule has 0 spiro atoms. The number of methoxy groups -OCH3 is 2. The second-order valence-corrected chi connectivity index (χ2v) is 4.16. The molecule has 0 radical (unpaired) electrons. The van der Waals surface area contributed by atoms with Gasteiger partial charge >= 0.3 is 0 Å². The molecule has 0 fully saturated rings. The van der Waals surface area contributed by atoms with E-state index in [1.165, 1.54) is 0 Å². The van der Waals surface area contributed by atoms with Crippen LogP contribution < -0.4 is 15.2 Å². The van der Waals surface area contributed by atoms with Gasteiger partial charge in [-0.3, -0.25) is 0 Å². The molecule has 0 aliphatic rings. The summed E-state index contributed by atoms with van der Waals surface area (Å²) >= 11 is 0. The number of aryl methyl sites for hydroxylation is 1. The Hall–Kier alpha value is -2.16. The van der Waals surface area contributed by atoms with Gasteiger partial charge in [0, 0.05) is 16.8 Å². The van der Waals surface area contributed by atoms with E-state index in [2.05, 4.69) is 6.07 Å². The molecule has 2 rings (SSSR count). The summed E-state index contributed by atoms with van der Waals surface area (Å²) in [6, 6.07) is 11.6. The molecule has 0 amide bonds. The second-order valence-electron chi connectivity index (χ2n) is 4.16. The molecule has 0 unspecified atom stereocenters. The molecular weight excluding hydrogens is 226 g/mol. The summed E-state index contributed by atoms with van der Waals surface area (Å²) < 4.78 is 10.8. The Morgan fingerprint density at radius 1 is 0.833 bits per heavy atom. The van der Waals surface area contributed by atoms with E-state index in [4.69, 9.17) is 15.2 Å². The van der Waals surface area contributed by atoms with Crippen LogP contribution in [0.2, 0.25) is 0 Å². The Morgan fingerprint density at radius 2 is 1.39 bits per heavy atom. The summed E-state index contributed by atoms with van der Waals surface area (Å²) in [6.45, 7) is 2.04. The number of benzene rings is 2. The molecule has 18 heavy (non-hydrogen) atoms. The molecule has 3 nitrogen and oxygen atoms in total. The lowest BCUT2D eigenvalue weighted by molar-refractivity contribution is 0.410. The lowest BCUT2D eigenvalue weighted by Crippen LogP contribution is -1.94. The van der Waals surface area contributed by atoms with Gasteiger partial charge in [0.2, 0.25) is 0 Å². The first-order valence-electron chi connectivity index (χ1n) is 5.74. The van der Waals surface area contributed by atoms with Crippen molar-refractivity contribution in [3.63, 3.8) is 0 Å². The zero-order valence-electron chi connectivity index (χ0n) is 10.9. The molecular formula is C15H17NO2. The Balaban J connectivity index is 2.67. The van der Waals surface area contributed by atoms with E-state index in [0.29, 0.717) is 5.69 Å². The number of rotatable bonds is 3. The number of nitrogen functional groups attached to an aromatic ring is 1. The standard InChI is InChI=1S/C15H17NO2/c1-10-4-6-14(17-2)12(8-10)13-9-11(16)5-7-15(13)18-3/h4-9H,16H2,1-3H3. The Labute approximate surface area is 107 Å². The van der Waals surface area contributed by atoms with Gasteiger partial charge in [0.05, 0.1) is 14.2 Å². The van der Waals surface area contributed by atoms with Crippen molar-refractivity contribution in [3.8, 4) is 22.6 Å². The fraction of sp³-hybridized carbons (Fsp3) is 0.200. The monoisotopic (exact) mass is 243 g/mol. The highest BCUT2D eigenvalue weighted by Gasteiger charge is 2.11. The topological polar surface area (TPSA) is 44.5 Å². The van der Waals surface area contributed by atoms with Gasteiger partial charge in [-0.15, -0.1) is 0 Å². The second kappa shape index (κ2) is 5.00. The van der Waals surface area contributed by atoms with Crippen LogP contribution >= 0.6 is 0 Å². The van der Waals surface area contributed by atoms with E-state index in [1.807, 2.05) is 37.3 Å². The van der Waals surface area contributed by atoms with Crippen molar-refractivity contribution < 1.29 is 9.47 Å². The van der Waals surface area contributed by atoms with Crippen LogP contribution in [0.5, 0.6) is 11.5 Å². The Morgan fingerprint density at radius 3 is 2.00 bits per heavy atom. The molecule has 94 valence electrons. The van der Waals surface area contributed by atoms with Crippen LogP contribution in [0.3, 0.4) is 0 Å². The minimum Gasteiger partial charge on any atom is -0.496 e. The molecule has 2 aromatic carbocycles. The van der Waals surface area contributed by atoms with E-state index < -0.39 is 0 Å². The first-order valence-corrected chi connectivity index (χ1v) is 5.74. The first kappa shape index (κ1) is 12.3. The Kier molecular flexibility index (Phi) is 3.42. The van der Waals surface area contributed by atoms with Crippen LogP contribution in [0.25, 0.3) is 11.1 Å². The van der Waals surface area contributed by atoms with Crippen molar-refractivity contribution in [3.05, 3.63) is 42.0 Å². The van der Waals surface area contributed by atoms with Gasteiger partial charge in [0.15, 0.2) is 0 Å². The first-order chi connectivity index (χ1) is 8.65. The molecule has 3 heteroatoms. The zero-order valence-corrected chi connectivity index (χ0v) is 10.9. The lowest BCUT2D eigenvalue weighted by Gasteiger charge is -2.13. The quantitative estimate of drug-likeness (QED) is 0.841. The van der Waals surface area contributed by atoms with Gasteiger partial charge in [0.25, 0.3) is 0 Å². The highest BCUT2D eigenvalue weighted by Crippen LogP contribution is 2.37. The third-order valence-electron chi connectivity index (χ3n) is 2.87. The molecule has 0 atom stereocenters. The van der Waals surface area contributed by atoms with Crippen molar-refractivity contribution in [2.45, 2.75) is 6.92 Å². The fourth-order valence-corrected chi connectivity index (χ4v) is 1.97. The van der Waals surface area contributed by atoms with Gasteiger partial charge in [-0.1, -0.05) is 11.6 Å². The van der Waals surface area contributed by atoms with Crippen molar-refractivity contribution in [2.75, 3.05) is 20.0 Å². The molecule has 0 saturated heterocycles. The molecule has 2 N–H and O–H groups in total. The molecule has 0 aromatic heterocycles. The minimum absolute atomic E-state index is 0.703. The lowest BCUT2D eigenvalue weighted by atomic mass is 10.0. The van der Waals surface area contributed by atoms with Gasteiger partial charge in [0.1, 0.15) is 11.5 Å².